The molecular weight excluding hydrogens is 246 g/mol. The van der Waals surface area contributed by atoms with Gasteiger partial charge in [0.05, 0.1) is 24.9 Å². The molecule has 2 aromatic rings. The Balaban J connectivity index is 1.87. The minimum atomic E-state index is -0.155. The molecule has 2 aromatic heterocycles. The van der Waals surface area contributed by atoms with Gasteiger partial charge in [0, 0.05) is 18.1 Å². The fourth-order valence-corrected chi connectivity index (χ4v) is 2.76. The Morgan fingerprint density at radius 1 is 1.53 bits per heavy atom. The number of nitrogens with zero attached hydrogens (tertiary/aromatic N) is 3. The summed E-state index contributed by atoms with van der Waals surface area (Å²) in [5.74, 6) is 0.0543. The van der Waals surface area contributed by atoms with E-state index in [1.54, 1.807) is 18.3 Å². The molecule has 2 atom stereocenters. The second-order valence-corrected chi connectivity index (χ2v) is 4.87. The first-order chi connectivity index (χ1) is 9.19. The van der Waals surface area contributed by atoms with Gasteiger partial charge in [-0.1, -0.05) is 0 Å². The Bertz CT molecular complexity index is 623. The molecule has 2 unspecified atom stereocenters. The normalized spacial score (nSPS) is 22.8. The zero-order chi connectivity index (χ0) is 13.4. The summed E-state index contributed by atoms with van der Waals surface area (Å²) in [6.45, 7) is 0. The summed E-state index contributed by atoms with van der Waals surface area (Å²) in [7, 11) is 1.41. The maximum atomic E-state index is 11.5. The lowest BCUT2D eigenvalue weighted by molar-refractivity contribution is -0.145. The standard InChI is InChI=1S/C13H15N3O3/c1-19-13(18)9-3-2-8(6-9)10-7-12(17)16-11(15-10)4-5-14-16/h4-5,7-9,17H,2-3,6H2,1H3. The Labute approximate surface area is 110 Å². The van der Waals surface area contributed by atoms with E-state index in [-0.39, 0.29) is 23.7 Å². The van der Waals surface area contributed by atoms with Crippen LogP contribution in [0.5, 0.6) is 5.88 Å². The number of esters is 1. The van der Waals surface area contributed by atoms with Crippen LogP contribution in [0.2, 0.25) is 0 Å². The van der Waals surface area contributed by atoms with Gasteiger partial charge in [-0.2, -0.15) is 9.61 Å². The van der Waals surface area contributed by atoms with Crippen molar-refractivity contribution in [2.45, 2.75) is 25.2 Å². The number of fused-ring (bicyclic) bond motifs is 1. The number of ether oxygens (including phenoxy) is 1. The quantitative estimate of drug-likeness (QED) is 0.829. The fraction of sp³-hybridized carbons (Fsp3) is 0.462. The summed E-state index contributed by atoms with van der Waals surface area (Å²) >= 11 is 0. The first-order valence-corrected chi connectivity index (χ1v) is 6.30. The van der Waals surface area contributed by atoms with Gasteiger partial charge in [-0.05, 0) is 19.3 Å². The Kier molecular flexibility index (Phi) is 2.85. The third kappa shape index (κ3) is 2.03. The third-order valence-corrected chi connectivity index (χ3v) is 3.75. The molecule has 1 aliphatic carbocycles. The van der Waals surface area contributed by atoms with Crippen LogP contribution in [0, 0.1) is 5.92 Å². The lowest BCUT2D eigenvalue weighted by atomic mass is 10.0. The maximum absolute atomic E-state index is 11.5. The van der Waals surface area contributed by atoms with Gasteiger partial charge >= 0.3 is 5.97 Å². The molecule has 3 rings (SSSR count). The summed E-state index contributed by atoms with van der Waals surface area (Å²) < 4.78 is 6.16. The van der Waals surface area contributed by atoms with Crippen LogP contribution in [0.15, 0.2) is 18.3 Å². The van der Waals surface area contributed by atoms with Gasteiger partial charge in [0.15, 0.2) is 5.65 Å². The van der Waals surface area contributed by atoms with E-state index in [4.69, 9.17) is 4.74 Å². The van der Waals surface area contributed by atoms with Gasteiger partial charge in [0.1, 0.15) is 0 Å². The number of aromatic nitrogens is 3. The van der Waals surface area contributed by atoms with Crippen molar-refractivity contribution in [2.75, 3.05) is 7.11 Å². The molecule has 100 valence electrons. The number of methoxy groups -OCH3 is 1. The SMILES string of the molecule is COC(=O)C1CCC(c2cc(O)n3nccc3n2)C1. The molecule has 1 fully saturated rings. The molecule has 1 aliphatic rings. The van der Waals surface area contributed by atoms with Gasteiger partial charge in [-0.25, -0.2) is 4.98 Å². The van der Waals surface area contributed by atoms with Crippen LogP contribution in [0.3, 0.4) is 0 Å². The fourth-order valence-electron chi connectivity index (χ4n) is 2.76. The van der Waals surface area contributed by atoms with Crippen LogP contribution in [0.1, 0.15) is 30.9 Å². The zero-order valence-corrected chi connectivity index (χ0v) is 10.6. The molecule has 6 nitrogen and oxygen atoms in total. The molecule has 0 saturated heterocycles. The highest BCUT2D eigenvalue weighted by Crippen LogP contribution is 2.38. The van der Waals surface area contributed by atoms with Crippen molar-refractivity contribution < 1.29 is 14.6 Å². The summed E-state index contributed by atoms with van der Waals surface area (Å²) in [5, 5.41) is 13.9. The first kappa shape index (κ1) is 12.0. The number of hydrogen-bond acceptors (Lipinski definition) is 5. The van der Waals surface area contributed by atoms with E-state index in [0.717, 1.165) is 25.0 Å². The van der Waals surface area contributed by atoms with Crippen LogP contribution >= 0.6 is 0 Å². The second-order valence-electron chi connectivity index (χ2n) is 4.87. The van der Waals surface area contributed by atoms with Crippen molar-refractivity contribution in [1.29, 1.82) is 0 Å². The van der Waals surface area contributed by atoms with E-state index in [1.807, 2.05) is 0 Å². The number of rotatable bonds is 2. The second kappa shape index (κ2) is 4.53. The van der Waals surface area contributed by atoms with Gasteiger partial charge in [0.25, 0.3) is 0 Å². The van der Waals surface area contributed by atoms with Crippen molar-refractivity contribution in [3.05, 3.63) is 24.0 Å². The van der Waals surface area contributed by atoms with Crippen LogP contribution in [0.4, 0.5) is 0 Å². The monoisotopic (exact) mass is 261 g/mol. The Morgan fingerprint density at radius 3 is 3.16 bits per heavy atom. The summed E-state index contributed by atoms with van der Waals surface area (Å²) in [5.41, 5.74) is 1.44. The number of aromatic hydroxyl groups is 1. The molecular formula is C13H15N3O3. The van der Waals surface area contributed by atoms with Crippen LogP contribution in [-0.2, 0) is 9.53 Å². The minimum absolute atomic E-state index is 0.0555. The van der Waals surface area contributed by atoms with Crippen molar-refractivity contribution >= 4 is 11.6 Å². The van der Waals surface area contributed by atoms with Gasteiger partial charge in [-0.3, -0.25) is 4.79 Å². The predicted molar refractivity (Wildman–Crippen MR) is 66.7 cm³/mol. The average Bonchev–Trinajstić information content (AvgIpc) is 3.06. The molecule has 0 radical (unpaired) electrons. The number of carbonyl (C=O) groups excluding carboxylic acids is 1. The molecule has 1 N–H and O–H groups in total. The smallest absolute Gasteiger partial charge is 0.308 e. The van der Waals surface area contributed by atoms with Crippen molar-refractivity contribution in [2.24, 2.45) is 5.92 Å². The third-order valence-electron chi connectivity index (χ3n) is 3.75. The predicted octanol–water partition coefficient (Wildman–Crippen LogP) is 1.49. The summed E-state index contributed by atoms with van der Waals surface area (Å²) in [6.07, 6.45) is 4.02. The van der Waals surface area contributed by atoms with Crippen LogP contribution in [-0.4, -0.2) is 32.8 Å². The first-order valence-electron chi connectivity index (χ1n) is 6.30. The molecule has 0 aromatic carbocycles. The molecule has 0 aliphatic heterocycles. The van der Waals surface area contributed by atoms with E-state index in [2.05, 4.69) is 10.1 Å². The number of carbonyl (C=O) groups is 1. The highest BCUT2D eigenvalue weighted by molar-refractivity contribution is 5.72. The summed E-state index contributed by atoms with van der Waals surface area (Å²) in [6, 6.07) is 3.38. The van der Waals surface area contributed by atoms with E-state index < -0.39 is 0 Å². The molecule has 0 bridgehead atoms. The molecule has 0 spiro atoms. The molecule has 19 heavy (non-hydrogen) atoms. The maximum Gasteiger partial charge on any atom is 0.308 e. The van der Waals surface area contributed by atoms with E-state index in [9.17, 15) is 9.90 Å². The van der Waals surface area contributed by atoms with E-state index >= 15 is 0 Å². The average molecular weight is 261 g/mol. The molecule has 0 amide bonds. The van der Waals surface area contributed by atoms with E-state index in [1.165, 1.54) is 11.6 Å². The lowest BCUT2D eigenvalue weighted by Gasteiger charge is -2.10. The number of hydrogen-bond donors (Lipinski definition) is 1. The highest BCUT2D eigenvalue weighted by atomic mass is 16.5. The molecule has 1 saturated carbocycles. The lowest BCUT2D eigenvalue weighted by Crippen LogP contribution is -2.12. The summed E-state index contributed by atoms with van der Waals surface area (Å²) in [4.78, 5) is 16.0. The molecule has 6 heteroatoms. The van der Waals surface area contributed by atoms with Crippen molar-refractivity contribution in [3.63, 3.8) is 0 Å². The largest absolute Gasteiger partial charge is 0.493 e. The van der Waals surface area contributed by atoms with Crippen LogP contribution in [0.25, 0.3) is 5.65 Å². The van der Waals surface area contributed by atoms with Crippen molar-refractivity contribution in [3.8, 4) is 5.88 Å². The van der Waals surface area contributed by atoms with Gasteiger partial charge < -0.3 is 9.84 Å². The van der Waals surface area contributed by atoms with E-state index in [0.29, 0.717) is 5.65 Å². The topological polar surface area (TPSA) is 76.7 Å². The minimum Gasteiger partial charge on any atom is -0.493 e. The Hall–Kier alpha value is -2.11. The Morgan fingerprint density at radius 2 is 2.37 bits per heavy atom. The van der Waals surface area contributed by atoms with Gasteiger partial charge in [0.2, 0.25) is 5.88 Å². The molecule has 2 heterocycles. The highest BCUT2D eigenvalue weighted by Gasteiger charge is 2.32. The van der Waals surface area contributed by atoms with Crippen LogP contribution < -0.4 is 0 Å². The van der Waals surface area contributed by atoms with Gasteiger partial charge in [-0.15, -0.1) is 0 Å². The van der Waals surface area contributed by atoms with Crippen molar-refractivity contribution in [1.82, 2.24) is 14.6 Å². The zero-order valence-electron chi connectivity index (χ0n) is 10.6.